The molecule has 92 valence electrons. The highest BCUT2D eigenvalue weighted by molar-refractivity contribution is 9.10. The molecule has 0 spiro atoms. The lowest BCUT2D eigenvalue weighted by Gasteiger charge is -2.44. The monoisotopic (exact) mass is 295 g/mol. The van der Waals surface area contributed by atoms with E-state index < -0.39 is 0 Å². The Kier molecular flexibility index (Phi) is 2.89. The van der Waals surface area contributed by atoms with Gasteiger partial charge in [-0.25, -0.2) is 0 Å². The summed E-state index contributed by atoms with van der Waals surface area (Å²) in [7, 11) is 2.18. The van der Waals surface area contributed by atoms with Crippen molar-refractivity contribution in [2.75, 3.05) is 25.5 Å². The Labute approximate surface area is 110 Å². The van der Waals surface area contributed by atoms with Gasteiger partial charge in [-0.2, -0.15) is 0 Å². The Bertz CT molecular complexity index is 435. The molecule has 3 atom stereocenters. The van der Waals surface area contributed by atoms with Crippen molar-refractivity contribution in [3.05, 3.63) is 28.2 Å². The molecular formula is C13H18BrN3. The minimum Gasteiger partial charge on any atom is -0.382 e. The van der Waals surface area contributed by atoms with Crippen molar-refractivity contribution in [3.8, 4) is 0 Å². The molecule has 3 nitrogen and oxygen atoms in total. The van der Waals surface area contributed by atoms with Gasteiger partial charge in [0.25, 0.3) is 0 Å². The van der Waals surface area contributed by atoms with Gasteiger partial charge in [0.05, 0.1) is 0 Å². The average Bonchev–Trinajstić information content (AvgIpc) is 2.32. The van der Waals surface area contributed by atoms with E-state index in [-0.39, 0.29) is 6.04 Å². The van der Waals surface area contributed by atoms with Gasteiger partial charge in [0.2, 0.25) is 0 Å². The second-order valence-electron chi connectivity index (χ2n) is 5.22. The van der Waals surface area contributed by atoms with Crippen LogP contribution in [0, 0.1) is 5.92 Å². The summed E-state index contributed by atoms with van der Waals surface area (Å²) in [6.07, 6.45) is 1.18. The van der Waals surface area contributed by atoms with E-state index in [0.29, 0.717) is 12.0 Å². The molecule has 0 amide bonds. The number of likely N-dealkylation sites (tertiary alicyclic amines) is 1. The quantitative estimate of drug-likeness (QED) is 0.771. The maximum absolute atomic E-state index is 6.44. The molecule has 1 aromatic rings. The van der Waals surface area contributed by atoms with Gasteiger partial charge in [0.1, 0.15) is 0 Å². The van der Waals surface area contributed by atoms with Gasteiger partial charge in [0, 0.05) is 34.7 Å². The number of benzene rings is 1. The van der Waals surface area contributed by atoms with Gasteiger partial charge in [-0.1, -0.05) is 15.9 Å². The van der Waals surface area contributed by atoms with Crippen molar-refractivity contribution in [1.82, 2.24) is 4.90 Å². The summed E-state index contributed by atoms with van der Waals surface area (Å²) in [4.78, 5) is 2.38. The highest BCUT2D eigenvalue weighted by Crippen LogP contribution is 2.39. The van der Waals surface area contributed by atoms with E-state index in [1.807, 2.05) is 0 Å². The van der Waals surface area contributed by atoms with Gasteiger partial charge in [0.15, 0.2) is 0 Å². The van der Waals surface area contributed by atoms with Crippen molar-refractivity contribution < 1.29 is 0 Å². The first-order valence-electron chi connectivity index (χ1n) is 6.15. The lowest BCUT2D eigenvalue weighted by molar-refractivity contribution is 0.168. The summed E-state index contributed by atoms with van der Waals surface area (Å²) >= 11 is 3.52. The molecule has 3 rings (SSSR count). The fourth-order valence-electron chi connectivity index (χ4n) is 3.07. The predicted molar refractivity (Wildman–Crippen MR) is 74.1 cm³/mol. The maximum atomic E-state index is 6.44. The molecule has 0 aromatic heterocycles. The number of hydrogen-bond acceptors (Lipinski definition) is 3. The van der Waals surface area contributed by atoms with Crippen LogP contribution in [0.4, 0.5) is 5.69 Å². The lowest BCUT2D eigenvalue weighted by atomic mass is 9.79. The Hall–Kier alpha value is -0.580. The minimum absolute atomic E-state index is 0.150. The highest BCUT2D eigenvalue weighted by atomic mass is 79.9. The van der Waals surface area contributed by atoms with E-state index in [9.17, 15) is 0 Å². The fraction of sp³-hybridized carbons (Fsp3) is 0.538. The lowest BCUT2D eigenvalue weighted by Crippen LogP contribution is -2.51. The number of hydrogen-bond donors (Lipinski definition) is 2. The number of piperidine rings is 1. The first-order chi connectivity index (χ1) is 8.15. The van der Waals surface area contributed by atoms with Crippen LogP contribution in [-0.4, -0.2) is 31.1 Å². The number of fused-ring (bicyclic) bond motifs is 2. The Morgan fingerprint density at radius 3 is 3.12 bits per heavy atom. The van der Waals surface area contributed by atoms with Crippen LogP contribution in [0.1, 0.15) is 18.0 Å². The molecule has 3 N–H and O–H groups in total. The number of nitrogens with one attached hydrogen (secondary N) is 1. The zero-order valence-electron chi connectivity index (χ0n) is 9.99. The van der Waals surface area contributed by atoms with E-state index in [1.54, 1.807) is 0 Å². The number of nitrogens with two attached hydrogens (primary N) is 1. The summed E-state index contributed by atoms with van der Waals surface area (Å²) in [5.41, 5.74) is 8.91. The third kappa shape index (κ3) is 1.98. The van der Waals surface area contributed by atoms with Gasteiger partial charge in [-0.05, 0) is 43.8 Å². The second kappa shape index (κ2) is 4.26. The largest absolute Gasteiger partial charge is 0.382 e. The van der Waals surface area contributed by atoms with Crippen LogP contribution in [0.2, 0.25) is 0 Å². The van der Waals surface area contributed by atoms with Gasteiger partial charge < -0.3 is 16.0 Å². The first kappa shape index (κ1) is 11.5. The van der Waals surface area contributed by atoms with Crippen LogP contribution in [0.25, 0.3) is 0 Å². The van der Waals surface area contributed by atoms with Crippen LogP contribution in [0.15, 0.2) is 22.7 Å². The second-order valence-corrected chi connectivity index (χ2v) is 6.14. The molecule has 0 aliphatic carbocycles. The van der Waals surface area contributed by atoms with Crippen LogP contribution >= 0.6 is 15.9 Å². The predicted octanol–water partition coefficient (Wildman–Crippen LogP) is 2.19. The number of nitrogens with zero attached hydrogens (tertiary/aromatic N) is 1. The molecule has 3 unspecified atom stereocenters. The van der Waals surface area contributed by atoms with Gasteiger partial charge >= 0.3 is 0 Å². The number of rotatable bonds is 0. The summed E-state index contributed by atoms with van der Waals surface area (Å²) in [6.45, 7) is 2.25. The summed E-state index contributed by atoms with van der Waals surface area (Å²) < 4.78 is 1.11. The fourth-order valence-corrected chi connectivity index (χ4v) is 3.44. The topological polar surface area (TPSA) is 41.3 Å². The summed E-state index contributed by atoms with van der Waals surface area (Å²) in [5.74, 6) is 0.524. The molecule has 0 saturated carbocycles. The zero-order valence-corrected chi connectivity index (χ0v) is 11.6. The van der Waals surface area contributed by atoms with Crippen molar-refractivity contribution in [1.29, 1.82) is 0 Å². The van der Waals surface area contributed by atoms with E-state index in [2.05, 4.69) is 51.4 Å². The smallest absolute Gasteiger partial charge is 0.0391 e. The molecular weight excluding hydrogens is 278 g/mol. The summed E-state index contributed by atoms with van der Waals surface area (Å²) in [5, 5.41) is 3.65. The normalized spacial score (nSPS) is 32.5. The summed E-state index contributed by atoms with van der Waals surface area (Å²) in [6, 6.07) is 7.05. The van der Waals surface area contributed by atoms with E-state index in [4.69, 9.17) is 5.73 Å². The van der Waals surface area contributed by atoms with Crippen molar-refractivity contribution in [2.45, 2.75) is 18.5 Å². The molecule has 1 saturated heterocycles. The number of anilines is 1. The van der Waals surface area contributed by atoms with E-state index in [0.717, 1.165) is 17.6 Å². The molecule has 0 bridgehead atoms. The minimum atomic E-state index is 0.150. The SMILES string of the molecule is CN1CCC2Nc3ccc(Br)cc3C(N)C2C1. The van der Waals surface area contributed by atoms with E-state index in [1.165, 1.54) is 17.7 Å². The Morgan fingerprint density at radius 2 is 2.29 bits per heavy atom. The molecule has 2 aliphatic heterocycles. The molecule has 4 heteroatoms. The van der Waals surface area contributed by atoms with Crippen LogP contribution < -0.4 is 11.1 Å². The number of halogens is 1. The van der Waals surface area contributed by atoms with Crippen LogP contribution in [0.5, 0.6) is 0 Å². The molecule has 17 heavy (non-hydrogen) atoms. The molecule has 1 fully saturated rings. The van der Waals surface area contributed by atoms with Crippen LogP contribution in [-0.2, 0) is 0 Å². The Balaban J connectivity index is 1.96. The average molecular weight is 296 g/mol. The van der Waals surface area contributed by atoms with Gasteiger partial charge in [-0.15, -0.1) is 0 Å². The molecule has 1 aromatic carbocycles. The molecule has 2 aliphatic rings. The van der Waals surface area contributed by atoms with E-state index >= 15 is 0 Å². The van der Waals surface area contributed by atoms with Crippen molar-refractivity contribution in [3.63, 3.8) is 0 Å². The Morgan fingerprint density at radius 1 is 1.47 bits per heavy atom. The van der Waals surface area contributed by atoms with Gasteiger partial charge in [-0.3, -0.25) is 0 Å². The molecule has 0 radical (unpaired) electrons. The van der Waals surface area contributed by atoms with Crippen LogP contribution in [0.3, 0.4) is 0 Å². The third-order valence-electron chi connectivity index (χ3n) is 4.04. The highest BCUT2D eigenvalue weighted by Gasteiger charge is 2.37. The van der Waals surface area contributed by atoms with Crippen molar-refractivity contribution >= 4 is 21.6 Å². The third-order valence-corrected chi connectivity index (χ3v) is 4.53. The first-order valence-corrected chi connectivity index (χ1v) is 6.94. The zero-order chi connectivity index (χ0) is 12.0. The maximum Gasteiger partial charge on any atom is 0.0391 e. The van der Waals surface area contributed by atoms with Crippen molar-refractivity contribution in [2.24, 2.45) is 11.7 Å². The molecule has 2 heterocycles. The standard InChI is InChI=1S/C13H18BrN3/c1-17-5-4-12-10(7-17)13(15)9-6-8(14)2-3-11(9)16-12/h2-3,6,10,12-13,16H,4-5,7,15H2,1H3.